The molecule has 6 heteroatoms. The molecule has 0 aromatic rings. The maximum Gasteiger partial charge on any atom is 0.0334 e. The van der Waals surface area contributed by atoms with Crippen LogP contribution in [0.15, 0.2) is 10.2 Å². The van der Waals surface area contributed by atoms with E-state index in [4.69, 9.17) is 23.9 Å². The quantitative estimate of drug-likeness (QED) is 0.274. The Hall–Kier alpha value is -2.26. The molecule has 0 heterocycles. The molecule has 0 saturated carbocycles. The second-order valence-electron chi connectivity index (χ2n) is 3.04. The summed E-state index contributed by atoms with van der Waals surface area (Å²) in [5.41, 5.74) is 15.9. The molecule has 0 N–H and O–H groups in total. The lowest BCUT2D eigenvalue weighted by Gasteiger charge is -2.26. The van der Waals surface area contributed by atoms with Gasteiger partial charge in [0.2, 0.25) is 0 Å². The molecular weight excluding hydrogens is 192 g/mol. The number of azide groups is 2. The van der Waals surface area contributed by atoms with Gasteiger partial charge in [0, 0.05) is 41.2 Å². The normalized spacial score (nSPS) is 8.93. The van der Waals surface area contributed by atoms with Gasteiger partial charge in [-0.1, -0.05) is 10.2 Å². The van der Waals surface area contributed by atoms with Crippen molar-refractivity contribution < 1.29 is 0 Å². The van der Waals surface area contributed by atoms with Gasteiger partial charge < -0.3 is 0 Å². The van der Waals surface area contributed by atoms with Gasteiger partial charge in [0.05, 0.1) is 0 Å². The van der Waals surface area contributed by atoms with E-state index in [1.165, 1.54) is 0 Å². The van der Waals surface area contributed by atoms with Crippen molar-refractivity contribution in [3.8, 4) is 24.7 Å². The molecule has 0 fully saturated rings. The zero-order valence-corrected chi connectivity index (χ0v) is 8.17. The zero-order valence-electron chi connectivity index (χ0n) is 8.17. The molecule has 0 aliphatic heterocycles. The minimum absolute atomic E-state index is 0.136. The molecular formula is C9H10N6. The van der Waals surface area contributed by atoms with Crippen LogP contribution in [0.5, 0.6) is 0 Å². The molecule has 76 valence electrons. The van der Waals surface area contributed by atoms with E-state index in [-0.39, 0.29) is 13.1 Å². The van der Waals surface area contributed by atoms with Gasteiger partial charge in [-0.25, -0.2) is 0 Å². The van der Waals surface area contributed by atoms with E-state index in [1.54, 1.807) is 0 Å². The molecule has 0 bridgehead atoms. The van der Waals surface area contributed by atoms with Crippen molar-refractivity contribution in [2.24, 2.45) is 15.6 Å². The highest BCUT2D eigenvalue weighted by Crippen LogP contribution is 2.27. The molecule has 0 rings (SSSR count). The summed E-state index contributed by atoms with van der Waals surface area (Å²) in [5, 5.41) is 6.88. The van der Waals surface area contributed by atoms with E-state index >= 15 is 0 Å². The van der Waals surface area contributed by atoms with Crippen LogP contribution in [-0.2, 0) is 0 Å². The van der Waals surface area contributed by atoms with Gasteiger partial charge >= 0.3 is 0 Å². The first-order valence-electron chi connectivity index (χ1n) is 4.13. The summed E-state index contributed by atoms with van der Waals surface area (Å²) in [6.45, 7) is 0.272. The molecule has 0 saturated heterocycles. The highest BCUT2D eigenvalue weighted by molar-refractivity contribution is 5.03. The van der Waals surface area contributed by atoms with Crippen molar-refractivity contribution in [3.05, 3.63) is 20.9 Å². The first-order chi connectivity index (χ1) is 7.24. The average molecular weight is 202 g/mol. The van der Waals surface area contributed by atoms with Crippen LogP contribution < -0.4 is 0 Å². The molecule has 0 amide bonds. The molecule has 0 spiro atoms. The number of nitrogens with zero attached hydrogens (tertiary/aromatic N) is 6. The maximum absolute atomic E-state index is 8.24. The number of rotatable bonds is 6. The minimum atomic E-state index is -0.609. The summed E-state index contributed by atoms with van der Waals surface area (Å²) < 4.78 is 0. The van der Waals surface area contributed by atoms with Gasteiger partial charge in [0.1, 0.15) is 0 Å². The predicted molar refractivity (Wildman–Crippen MR) is 57.4 cm³/mol. The largest absolute Gasteiger partial charge is 0.120 e. The van der Waals surface area contributed by atoms with E-state index in [0.29, 0.717) is 12.8 Å². The summed E-state index contributed by atoms with van der Waals surface area (Å²) in [5.74, 6) is 4.90. The number of hydrogen-bond acceptors (Lipinski definition) is 2. The van der Waals surface area contributed by atoms with Crippen LogP contribution >= 0.6 is 0 Å². The molecule has 0 aliphatic rings. The van der Waals surface area contributed by atoms with Crippen molar-refractivity contribution >= 4 is 0 Å². The summed E-state index contributed by atoms with van der Waals surface area (Å²) in [6.07, 6.45) is 11.0. The third-order valence-electron chi connectivity index (χ3n) is 1.89. The van der Waals surface area contributed by atoms with Crippen molar-refractivity contribution in [2.45, 2.75) is 12.8 Å². The third kappa shape index (κ3) is 4.50. The second-order valence-corrected chi connectivity index (χ2v) is 3.04. The van der Waals surface area contributed by atoms with E-state index < -0.39 is 5.41 Å². The molecule has 0 aromatic carbocycles. The summed E-state index contributed by atoms with van der Waals surface area (Å²) >= 11 is 0. The van der Waals surface area contributed by atoms with Gasteiger partial charge in [0.25, 0.3) is 0 Å². The van der Waals surface area contributed by atoms with Crippen LogP contribution in [0.25, 0.3) is 20.9 Å². The molecule has 0 aromatic heterocycles. The topological polar surface area (TPSA) is 97.5 Å². The van der Waals surface area contributed by atoms with Crippen molar-refractivity contribution in [1.82, 2.24) is 0 Å². The maximum atomic E-state index is 8.24. The van der Waals surface area contributed by atoms with Gasteiger partial charge in [-0.3, -0.25) is 0 Å². The van der Waals surface area contributed by atoms with Gasteiger partial charge in [-0.05, 0) is 11.1 Å². The van der Waals surface area contributed by atoms with Crippen molar-refractivity contribution in [3.63, 3.8) is 0 Å². The minimum Gasteiger partial charge on any atom is -0.120 e. The number of hydrogen-bond donors (Lipinski definition) is 0. The van der Waals surface area contributed by atoms with E-state index in [9.17, 15) is 0 Å². The molecule has 0 unspecified atom stereocenters. The summed E-state index contributed by atoms with van der Waals surface area (Å²) in [7, 11) is 0. The molecule has 15 heavy (non-hydrogen) atoms. The predicted octanol–water partition coefficient (Wildman–Crippen LogP) is 2.64. The highest BCUT2D eigenvalue weighted by atomic mass is 15.2. The Balaban J connectivity index is 4.87. The van der Waals surface area contributed by atoms with E-state index in [0.717, 1.165) is 0 Å². The standard InChI is InChI=1S/C9H10N6/c1-3-5-9(6-4-2,7-12-14-10)8-13-15-11/h1-2H,5-8H2. The lowest BCUT2D eigenvalue weighted by Crippen LogP contribution is -2.27. The van der Waals surface area contributed by atoms with Crippen LogP contribution in [0.1, 0.15) is 12.8 Å². The molecule has 0 atom stereocenters. The summed E-state index contributed by atoms with van der Waals surface area (Å²) in [6, 6.07) is 0. The lowest BCUT2D eigenvalue weighted by molar-refractivity contribution is 0.327. The van der Waals surface area contributed by atoms with Crippen LogP contribution in [-0.4, -0.2) is 13.1 Å². The van der Waals surface area contributed by atoms with Crippen LogP contribution in [0.3, 0.4) is 0 Å². The monoisotopic (exact) mass is 202 g/mol. The second kappa shape index (κ2) is 7.17. The van der Waals surface area contributed by atoms with E-state index in [1.807, 2.05) is 0 Å². The molecule has 0 radical (unpaired) electrons. The first kappa shape index (κ1) is 12.7. The smallest absolute Gasteiger partial charge is 0.0334 e. The fraction of sp³-hybridized carbons (Fsp3) is 0.556. The SMILES string of the molecule is C#CCC(CC#C)(CN=[N+]=[N-])CN=[N+]=[N-]. The van der Waals surface area contributed by atoms with Gasteiger partial charge in [-0.15, -0.1) is 24.7 Å². The van der Waals surface area contributed by atoms with Gasteiger partial charge in [0.15, 0.2) is 0 Å². The average Bonchev–Trinajstić information content (AvgIpc) is 2.24. The van der Waals surface area contributed by atoms with Crippen molar-refractivity contribution in [1.29, 1.82) is 0 Å². The number of terminal acetylenes is 2. The van der Waals surface area contributed by atoms with Crippen LogP contribution in [0, 0.1) is 30.1 Å². The first-order valence-corrected chi connectivity index (χ1v) is 4.13. The highest BCUT2D eigenvalue weighted by Gasteiger charge is 2.26. The summed E-state index contributed by atoms with van der Waals surface area (Å²) in [4.78, 5) is 5.29. The fourth-order valence-corrected chi connectivity index (χ4v) is 1.13. The molecule has 6 nitrogen and oxygen atoms in total. The van der Waals surface area contributed by atoms with E-state index in [2.05, 4.69) is 31.9 Å². The van der Waals surface area contributed by atoms with Gasteiger partial charge in [-0.2, -0.15) is 0 Å². The Morgan fingerprint density at radius 1 is 1.00 bits per heavy atom. The Kier molecular flexibility index (Phi) is 6.09. The fourth-order valence-electron chi connectivity index (χ4n) is 1.13. The molecule has 0 aliphatic carbocycles. The Morgan fingerprint density at radius 3 is 1.67 bits per heavy atom. The lowest BCUT2D eigenvalue weighted by atomic mass is 9.82. The Bertz CT molecular complexity index is 334. The Morgan fingerprint density at radius 2 is 1.40 bits per heavy atom. The van der Waals surface area contributed by atoms with Crippen molar-refractivity contribution in [2.75, 3.05) is 13.1 Å². The van der Waals surface area contributed by atoms with Crippen LogP contribution in [0.4, 0.5) is 0 Å². The van der Waals surface area contributed by atoms with Crippen LogP contribution in [0.2, 0.25) is 0 Å². The Labute approximate surface area is 87.9 Å². The zero-order chi connectivity index (χ0) is 11.6. The third-order valence-corrected chi connectivity index (χ3v) is 1.89.